The van der Waals surface area contributed by atoms with Crippen LogP contribution in [0.3, 0.4) is 0 Å². The van der Waals surface area contributed by atoms with Crippen molar-refractivity contribution in [3.05, 3.63) is 58.7 Å². The molecule has 4 nitrogen and oxygen atoms in total. The fourth-order valence-electron chi connectivity index (χ4n) is 3.10. The van der Waals surface area contributed by atoms with Gasteiger partial charge in [-0.3, -0.25) is 4.79 Å². The standard InChI is InChI=1S/C16H15N3OS/c20-16(14-6-3-11-21-14)19-9-2-5-13(19)12-4-1-7-15-17-8-10-18(12)15/h1,3-4,6-8,10-11,13H,2,5,9H2. The molecule has 0 saturated carbocycles. The Hall–Kier alpha value is -2.14. The number of amides is 1. The van der Waals surface area contributed by atoms with Crippen LogP contribution in [0.25, 0.3) is 5.65 Å². The average molecular weight is 297 g/mol. The molecule has 5 heteroatoms. The highest BCUT2D eigenvalue weighted by Crippen LogP contribution is 2.33. The third kappa shape index (κ3) is 2.05. The monoisotopic (exact) mass is 297 g/mol. The van der Waals surface area contributed by atoms with Crippen molar-refractivity contribution in [3.63, 3.8) is 0 Å². The summed E-state index contributed by atoms with van der Waals surface area (Å²) in [7, 11) is 0. The summed E-state index contributed by atoms with van der Waals surface area (Å²) >= 11 is 1.51. The van der Waals surface area contributed by atoms with Crippen molar-refractivity contribution in [2.45, 2.75) is 18.9 Å². The topological polar surface area (TPSA) is 37.6 Å². The number of nitrogens with zero attached hydrogens (tertiary/aromatic N) is 3. The largest absolute Gasteiger partial charge is 0.329 e. The van der Waals surface area contributed by atoms with Gasteiger partial charge in [-0.15, -0.1) is 11.3 Å². The lowest BCUT2D eigenvalue weighted by atomic mass is 10.1. The van der Waals surface area contributed by atoms with Crippen molar-refractivity contribution in [1.82, 2.24) is 14.3 Å². The van der Waals surface area contributed by atoms with Crippen molar-refractivity contribution < 1.29 is 4.79 Å². The van der Waals surface area contributed by atoms with Gasteiger partial charge in [0.15, 0.2) is 0 Å². The molecule has 1 aliphatic rings. The highest BCUT2D eigenvalue weighted by atomic mass is 32.1. The molecule has 4 rings (SSSR count). The van der Waals surface area contributed by atoms with Gasteiger partial charge in [-0.2, -0.15) is 0 Å². The van der Waals surface area contributed by atoms with Crippen molar-refractivity contribution >= 4 is 22.9 Å². The van der Waals surface area contributed by atoms with Gasteiger partial charge in [0, 0.05) is 24.6 Å². The minimum Gasteiger partial charge on any atom is -0.329 e. The van der Waals surface area contributed by atoms with E-state index in [1.54, 1.807) is 6.20 Å². The zero-order valence-electron chi connectivity index (χ0n) is 11.5. The number of fused-ring (bicyclic) bond motifs is 1. The Balaban J connectivity index is 1.74. The minimum atomic E-state index is 0.137. The summed E-state index contributed by atoms with van der Waals surface area (Å²) in [5.41, 5.74) is 2.08. The van der Waals surface area contributed by atoms with E-state index in [2.05, 4.69) is 15.5 Å². The van der Waals surface area contributed by atoms with Crippen molar-refractivity contribution in [2.24, 2.45) is 0 Å². The quantitative estimate of drug-likeness (QED) is 0.727. The molecule has 1 fully saturated rings. The van der Waals surface area contributed by atoms with Gasteiger partial charge in [0.1, 0.15) is 5.65 Å². The fraction of sp³-hybridized carbons (Fsp3) is 0.250. The second-order valence-corrected chi connectivity index (χ2v) is 6.19. The van der Waals surface area contributed by atoms with E-state index in [-0.39, 0.29) is 11.9 Å². The summed E-state index contributed by atoms with van der Waals surface area (Å²) in [4.78, 5) is 19.8. The third-order valence-electron chi connectivity index (χ3n) is 4.05. The summed E-state index contributed by atoms with van der Waals surface area (Å²) in [6, 6.07) is 10.1. The Kier molecular flexibility index (Phi) is 3.00. The van der Waals surface area contributed by atoms with Crippen molar-refractivity contribution in [2.75, 3.05) is 6.54 Å². The Labute approximate surface area is 126 Å². The Morgan fingerprint density at radius 2 is 2.24 bits per heavy atom. The first-order valence-electron chi connectivity index (χ1n) is 7.11. The zero-order chi connectivity index (χ0) is 14.2. The van der Waals surface area contributed by atoms with Crippen LogP contribution in [0.1, 0.15) is 34.2 Å². The highest BCUT2D eigenvalue weighted by Gasteiger charge is 2.32. The van der Waals surface area contributed by atoms with Crippen LogP contribution in [-0.2, 0) is 0 Å². The molecular weight excluding hydrogens is 282 g/mol. The van der Waals surface area contributed by atoms with Gasteiger partial charge in [-0.25, -0.2) is 4.98 Å². The molecule has 1 aliphatic heterocycles. The Morgan fingerprint density at radius 3 is 3.10 bits per heavy atom. The van der Waals surface area contributed by atoms with Crippen LogP contribution >= 0.6 is 11.3 Å². The van der Waals surface area contributed by atoms with E-state index >= 15 is 0 Å². The van der Waals surface area contributed by atoms with Crippen LogP contribution in [0, 0.1) is 0 Å². The number of carbonyl (C=O) groups is 1. The first-order chi connectivity index (χ1) is 10.3. The predicted octanol–water partition coefficient (Wildman–Crippen LogP) is 3.37. The number of likely N-dealkylation sites (tertiary alicyclic amines) is 1. The molecule has 0 N–H and O–H groups in total. The Bertz CT molecular complexity index is 778. The summed E-state index contributed by atoms with van der Waals surface area (Å²) in [5, 5.41) is 1.95. The normalized spacial score (nSPS) is 18.5. The number of rotatable bonds is 2. The molecule has 4 heterocycles. The lowest BCUT2D eigenvalue weighted by Crippen LogP contribution is -2.30. The lowest BCUT2D eigenvalue weighted by molar-refractivity contribution is 0.0737. The first kappa shape index (κ1) is 12.6. The summed E-state index contributed by atoms with van der Waals surface area (Å²) in [6.07, 6.45) is 5.83. The molecule has 3 aromatic heterocycles. The summed E-state index contributed by atoms with van der Waals surface area (Å²) in [5.74, 6) is 0.143. The molecule has 0 radical (unpaired) electrons. The molecule has 0 aliphatic carbocycles. The van der Waals surface area contributed by atoms with Gasteiger partial charge >= 0.3 is 0 Å². The van der Waals surface area contributed by atoms with E-state index in [0.29, 0.717) is 0 Å². The molecule has 0 bridgehead atoms. The van der Waals surface area contributed by atoms with Crippen LogP contribution in [0.15, 0.2) is 48.1 Å². The molecule has 21 heavy (non-hydrogen) atoms. The first-order valence-corrected chi connectivity index (χ1v) is 7.99. The van der Waals surface area contributed by atoms with E-state index in [0.717, 1.165) is 35.6 Å². The van der Waals surface area contributed by atoms with E-state index in [1.165, 1.54) is 11.3 Å². The number of imidazole rings is 1. The van der Waals surface area contributed by atoms with E-state index in [9.17, 15) is 4.79 Å². The highest BCUT2D eigenvalue weighted by molar-refractivity contribution is 7.12. The third-order valence-corrected chi connectivity index (χ3v) is 4.90. The molecule has 0 spiro atoms. The van der Waals surface area contributed by atoms with E-state index in [4.69, 9.17) is 0 Å². The van der Waals surface area contributed by atoms with Crippen LogP contribution in [0.2, 0.25) is 0 Å². The molecule has 1 saturated heterocycles. The zero-order valence-corrected chi connectivity index (χ0v) is 12.3. The van der Waals surface area contributed by atoms with Crippen LogP contribution in [0.4, 0.5) is 0 Å². The predicted molar refractivity (Wildman–Crippen MR) is 82.5 cm³/mol. The maximum absolute atomic E-state index is 12.7. The van der Waals surface area contributed by atoms with Crippen molar-refractivity contribution in [1.29, 1.82) is 0 Å². The maximum atomic E-state index is 12.7. The molecule has 3 aromatic rings. The molecule has 1 amide bonds. The van der Waals surface area contributed by atoms with Crippen LogP contribution in [-0.4, -0.2) is 26.7 Å². The summed E-state index contributed by atoms with van der Waals surface area (Å²) < 4.78 is 2.09. The maximum Gasteiger partial charge on any atom is 0.264 e. The molecule has 0 aromatic carbocycles. The fourth-order valence-corrected chi connectivity index (χ4v) is 3.78. The van der Waals surface area contributed by atoms with Gasteiger partial charge in [0.05, 0.1) is 10.9 Å². The lowest BCUT2D eigenvalue weighted by Gasteiger charge is -2.25. The Morgan fingerprint density at radius 1 is 1.29 bits per heavy atom. The number of carbonyl (C=O) groups excluding carboxylic acids is 1. The number of aromatic nitrogens is 2. The second-order valence-electron chi connectivity index (χ2n) is 5.24. The van der Waals surface area contributed by atoms with Gasteiger partial charge in [0.2, 0.25) is 0 Å². The van der Waals surface area contributed by atoms with E-state index < -0.39 is 0 Å². The number of pyridine rings is 1. The smallest absolute Gasteiger partial charge is 0.264 e. The molecule has 106 valence electrons. The summed E-state index contributed by atoms with van der Waals surface area (Å²) in [6.45, 7) is 0.826. The van der Waals surface area contributed by atoms with Crippen molar-refractivity contribution in [3.8, 4) is 0 Å². The molecule has 1 atom stereocenters. The van der Waals surface area contributed by atoms with Gasteiger partial charge in [-0.05, 0) is 36.4 Å². The second kappa shape index (κ2) is 5.00. The average Bonchev–Trinajstić information content (AvgIpc) is 3.24. The van der Waals surface area contributed by atoms with Gasteiger partial charge in [-0.1, -0.05) is 12.1 Å². The van der Waals surface area contributed by atoms with Gasteiger partial charge < -0.3 is 9.30 Å². The number of thiophene rings is 1. The van der Waals surface area contributed by atoms with Crippen LogP contribution < -0.4 is 0 Å². The molecule has 1 unspecified atom stereocenters. The minimum absolute atomic E-state index is 0.137. The van der Waals surface area contributed by atoms with Gasteiger partial charge in [0.25, 0.3) is 5.91 Å². The number of hydrogen-bond acceptors (Lipinski definition) is 3. The number of hydrogen-bond donors (Lipinski definition) is 0. The molecular formula is C16H15N3OS. The van der Waals surface area contributed by atoms with Crippen LogP contribution in [0.5, 0.6) is 0 Å². The SMILES string of the molecule is O=C(c1cccs1)N1CCCC1c1cccc2nccn12. The van der Waals surface area contributed by atoms with E-state index in [1.807, 2.05) is 40.7 Å².